The van der Waals surface area contributed by atoms with Crippen molar-refractivity contribution >= 4 is 117 Å². The third-order valence-electron chi connectivity index (χ3n) is 6.72. The number of rotatable bonds is 15. The summed E-state index contributed by atoms with van der Waals surface area (Å²) >= 11 is 17.2. The lowest BCUT2D eigenvalue weighted by Crippen LogP contribution is -2.64. The van der Waals surface area contributed by atoms with Gasteiger partial charge in [0, 0.05) is 25.4 Å². The minimum atomic E-state index is -2.42. The summed E-state index contributed by atoms with van der Waals surface area (Å²) < 4.78 is 97.8. The van der Waals surface area contributed by atoms with E-state index in [4.69, 9.17) is 72.7 Å². The van der Waals surface area contributed by atoms with Gasteiger partial charge in [-0.1, -0.05) is 41.7 Å². The molecule has 2 saturated heterocycles. The van der Waals surface area contributed by atoms with Crippen LogP contribution in [0.15, 0.2) is 0 Å². The van der Waals surface area contributed by atoms with E-state index in [1.54, 1.807) is 16.4 Å². The third-order valence-corrected chi connectivity index (χ3v) is 11.9. The van der Waals surface area contributed by atoms with Crippen LogP contribution >= 0.6 is 106 Å². The van der Waals surface area contributed by atoms with Gasteiger partial charge in [-0.2, -0.15) is 0 Å². The van der Waals surface area contributed by atoms with E-state index in [1.807, 2.05) is 18.9 Å². The second kappa shape index (κ2) is 18.8. The minimum absolute atomic E-state index is 0.100. The van der Waals surface area contributed by atoms with Gasteiger partial charge in [-0.15, -0.1) is 0 Å². The molecule has 1 N–H and O–H groups in total. The molecule has 6 unspecified atom stereocenters. The summed E-state index contributed by atoms with van der Waals surface area (Å²) in [6.07, 6.45) is -6.83. The lowest BCUT2D eigenvalue weighted by Gasteiger charge is -2.49. The number of carbonyl (C=O) groups is 1. The molecule has 2 aliphatic rings. The topological polar surface area (TPSA) is 191 Å². The molecule has 0 spiro atoms. The zero-order chi connectivity index (χ0) is 32.5. The van der Waals surface area contributed by atoms with Crippen molar-refractivity contribution in [3.63, 3.8) is 0 Å². The first-order valence-electron chi connectivity index (χ1n) is 11.8. The molecule has 0 aliphatic carbocycles. The first kappa shape index (κ1) is 40.6. The predicted octanol–water partition coefficient (Wildman–Crippen LogP) is 5.83. The van der Waals surface area contributed by atoms with Gasteiger partial charge in [0.1, 0.15) is 11.8 Å². The largest absolute Gasteiger partial charge is 0.448 e. The van der Waals surface area contributed by atoms with Gasteiger partial charge in [-0.05, 0) is 5.92 Å². The molecule has 0 radical (unpaired) electrons. The monoisotopic (exact) mass is 817 g/mol. The Morgan fingerprint density at radius 2 is 1.74 bits per heavy atom. The maximum atomic E-state index is 13.4. The molecule has 0 saturated carbocycles. The second-order valence-electron chi connectivity index (χ2n) is 9.15. The van der Waals surface area contributed by atoms with Crippen LogP contribution in [0.25, 0.3) is 0 Å². The molecule has 2 heterocycles. The first-order valence-corrected chi connectivity index (χ1v) is 18.9. The molecule has 0 aromatic carbocycles. The van der Waals surface area contributed by atoms with Crippen molar-refractivity contribution in [3.05, 3.63) is 0 Å². The Morgan fingerprint density at radius 3 is 2.21 bits per heavy atom. The van der Waals surface area contributed by atoms with E-state index in [0.29, 0.717) is 0 Å². The highest BCUT2D eigenvalue weighted by atomic mass is 35.6. The quantitative estimate of drug-likeness (QED) is 0.0900. The highest BCUT2D eigenvalue weighted by Gasteiger charge is 2.60. The Balaban J connectivity index is 2.68. The van der Waals surface area contributed by atoms with Gasteiger partial charge in [0.25, 0.3) is 9.58 Å². The molecule has 43 heavy (non-hydrogen) atoms. The Hall–Kier alpha value is 1.40. The lowest BCUT2D eigenvalue weighted by molar-refractivity contribution is -0.311. The SMILES string of the molecule is C[C@H]1C(P=O)C[C@](O[C@@H]2C(P=O)[C@H](OC(=N)C(Cl)(Cl)Cl)OC(COP)[C@@H]2P=O)(C(=O)OP)O[C@H]1[C@H](P=O)[C@@H](CP=O)OP. The number of hydrogen-bond acceptors (Lipinski definition) is 14. The number of ether oxygens (including phenoxy) is 4. The highest BCUT2D eigenvalue weighted by molar-refractivity contribution is 7.27. The Morgan fingerprint density at radius 1 is 1.09 bits per heavy atom. The van der Waals surface area contributed by atoms with Crippen LogP contribution in [-0.4, -0.2) is 87.6 Å². The fraction of sp³-hybridized carbons (Fsp3) is 0.889. The van der Waals surface area contributed by atoms with Crippen molar-refractivity contribution in [1.29, 1.82) is 5.41 Å². The smallest absolute Gasteiger partial charge is 0.369 e. The summed E-state index contributed by atoms with van der Waals surface area (Å²) in [5, 5.41) is 7.97. The van der Waals surface area contributed by atoms with Crippen molar-refractivity contribution in [1.82, 2.24) is 0 Å². The lowest BCUT2D eigenvalue weighted by atomic mass is 9.87. The zero-order valence-corrected chi connectivity index (χ0v) is 32.0. The van der Waals surface area contributed by atoms with Crippen LogP contribution in [0.5, 0.6) is 0 Å². The molecule has 0 aromatic rings. The average Bonchev–Trinajstić information content (AvgIpc) is 2.97. The molecule has 0 aromatic heterocycles. The molecular formula is C18H26Cl3NO13P8. The van der Waals surface area contributed by atoms with Gasteiger partial charge >= 0.3 is 5.97 Å². The van der Waals surface area contributed by atoms with Crippen LogP contribution in [0.3, 0.4) is 0 Å². The molecular weight excluding hydrogens is 792 g/mol. The predicted molar refractivity (Wildman–Crippen MR) is 168 cm³/mol. The van der Waals surface area contributed by atoms with Crippen LogP contribution in [0.2, 0.25) is 0 Å². The molecule has 2 rings (SSSR count). The van der Waals surface area contributed by atoms with Gasteiger partial charge in [0.05, 0.1) is 57.5 Å². The summed E-state index contributed by atoms with van der Waals surface area (Å²) in [5.41, 5.74) is -4.52. The van der Waals surface area contributed by atoms with Crippen molar-refractivity contribution in [3.8, 4) is 0 Å². The van der Waals surface area contributed by atoms with E-state index in [9.17, 15) is 27.6 Å². The van der Waals surface area contributed by atoms with Crippen molar-refractivity contribution < 1.29 is 60.1 Å². The summed E-state index contributed by atoms with van der Waals surface area (Å²) in [6.45, 7) is 1.41. The van der Waals surface area contributed by atoms with Gasteiger partial charge in [0.15, 0.2) is 42.3 Å². The van der Waals surface area contributed by atoms with Crippen LogP contribution in [-0.2, 0) is 60.1 Å². The maximum Gasteiger partial charge on any atom is 0.369 e. The van der Waals surface area contributed by atoms with Crippen molar-refractivity contribution in [2.75, 3.05) is 12.8 Å². The van der Waals surface area contributed by atoms with Crippen molar-refractivity contribution in [2.24, 2.45) is 5.92 Å². The zero-order valence-electron chi connectivity index (χ0n) is 21.8. The summed E-state index contributed by atoms with van der Waals surface area (Å²) in [6, 6.07) is 0. The molecule has 242 valence electrons. The van der Waals surface area contributed by atoms with Crippen molar-refractivity contribution in [2.45, 2.75) is 76.3 Å². The Bertz CT molecular complexity index is 1050. The van der Waals surface area contributed by atoms with E-state index in [1.165, 1.54) is 0 Å². The highest BCUT2D eigenvalue weighted by Crippen LogP contribution is 2.48. The molecule has 25 heteroatoms. The van der Waals surface area contributed by atoms with E-state index >= 15 is 0 Å². The van der Waals surface area contributed by atoms with Gasteiger partial charge < -0.3 is 32.5 Å². The van der Waals surface area contributed by atoms with Crippen LogP contribution < -0.4 is 0 Å². The van der Waals surface area contributed by atoms with E-state index in [0.717, 1.165) is 0 Å². The van der Waals surface area contributed by atoms with Gasteiger partial charge in [0.2, 0.25) is 12.2 Å². The number of nitrogens with one attached hydrogen (secondary N) is 1. The summed E-state index contributed by atoms with van der Waals surface area (Å²) in [5.74, 6) is -5.09. The summed E-state index contributed by atoms with van der Waals surface area (Å²) in [7, 11) is 3.10. The van der Waals surface area contributed by atoms with Crippen LogP contribution in [0.1, 0.15) is 13.3 Å². The molecule has 0 bridgehead atoms. The average molecular weight is 819 g/mol. The fourth-order valence-electron chi connectivity index (χ4n) is 4.57. The summed E-state index contributed by atoms with van der Waals surface area (Å²) in [4.78, 5) is 13.4. The molecule has 14 nitrogen and oxygen atoms in total. The Kier molecular flexibility index (Phi) is 17.8. The number of carbonyl (C=O) groups excluding carboxylic acids is 1. The minimum Gasteiger partial charge on any atom is -0.448 e. The normalized spacial score (nSPS) is 35.1. The second-order valence-corrected chi connectivity index (χ2v) is 16.2. The van der Waals surface area contributed by atoms with Crippen LogP contribution in [0, 0.1) is 11.3 Å². The standard InChI is InChI=1S/C18H26Cl3NO13P8/c1-5-8(40-25)2-17(16(23)35-38,32-9(5)12(42-27)7(34-37)4-39-24)33-10-11(41-26)6(3-29-36)30-14(13(10)43-28)31-15(22)18(19,20)21/h5-14,22H,2-4,36-38H2,1H3/t5-,6?,7+,8?,9+,10-,11-,12+,13?,14-,17-/m0/s1. The molecule has 0 amide bonds. The third kappa shape index (κ3) is 9.96. The maximum absolute atomic E-state index is 13.4. The van der Waals surface area contributed by atoms with Gasteiger partial charge in [-0.3, -0.25) is 28.2 Å². The van der Waals surface area contributed by atoms with Gasteiger partial charge in [-0.25, -0.2) is 4.79 Å². The fourth-order valence-corrected chi connectivity index (χ4v) is 9.09. The number of hydrogen-bond donors (Lipinski definition) is 1. The molecule has 2 fully saturated rings. The van der Waals surface area contributed by atoms with E-state index in [2.05, 4.69) is 0 Å². The Labute approximate surface area is 276 Å². The van der Waals surface area contributed by atoms with Crippen LogP contribution in [0.4, 0.5) is 0 Å². The number of alkyl halides is 3. The molecule has 14 atom stereocenters. The van der Waals surface area contributed by atoms with E-state index in [-0.39, 0.29) is 27.6 Å². The van der Waals surface area contributed by atoms with E-state index < -0.39 is 115 Å². The molecule has 2 aliphatic heterocycles. The number of halogens is 3. The first-order chi connectivity index (χ1) is 20.3.